The zero-order valence-electron chi connectivity index (χ0n) is 17.5. The maximum absolute atomic E-state index is 13.2. The topological polar surface area (TPSA) is 99.9 Å². The number of esters is 1. The van der Waals surface area contributed by atoms with Crippen molar-refractivity contribution < 1.29 is 37.1 Å². The Labute approximate surface area is 182 Å². The molecule has 8 nitrogen and oxygen atoms in total. The van der Waals surface area contributed by atoms with Crippen molar-refractivity contribution in [2.45, 2.75) is 20.5 Å². The monoisotopic (exact) mass is 446 g/mol. The fourth-order valence-corrected chi connectivity index (χ4v) is 2.81. The Bertz CT molecular complexity index is 1110. The van der Waals surface area contributed by atoms with E-state index in [1.807, 2.05) is 0 Å². The SMILES string of the molecule is COc1cc(C(=O)OCC(=O)Nc2cc(F)cc(F)c2)ccc1OCc1c(C)noc1C. The van der Waals surface area contributed by atoms with Gasteiger partial charge < -0.3 is 24.1 Å². The molecule has 32 heavy (non-hydrogen) atoms. The van der Waals surface area contributed by atoms with Crippen LogP contribution in [0.25, 0.3) is 0 Å². The molecule has 0 spiro atoms. The van der Waals surface area contributed by atoms with Crippen LogP contribution in [0, 0.1) is 25.5 Å². The summed E-state index contributed by atoms with van der Waals surface area (Å²) in [5, 5.41) is 6.11. The molecular formula is C22H20F2N2O6. The molecule has 0 aliphatic rings. The molecule has 10 heteroatoms. The third kappa shape index (κ3) is 5.60. The van der Waals surface area contributed by atoms with Crippen LogP contribution in [0.15, 0.2) is 40.9 Å². The number of ether oxygens (including phenoxy) is 3. The van der Waals surface area contributed by atoms with Crippen LogP contribution in [0.3, 0.4) is 0 Å². The molecule has 0 saturated carbocycles. The summed E-state index contributed by atoms with van der Waals surface area (Å²) in [6.07, 6.45) is 0. The average molecular weight is 446 g/mol. The van der Waals surface area contributed by atoms with Crippen molar-refractivity contribution in [3.63, 3.8) is 0 Å². The molecule has 0 aliphatic heterocycles. The lowest BCUT2D eigenvalue weighted by molar-refractivity contribution is -0.119. The highest BCUT2D eigenvalue weighted by Gasteiger charge is 2.16. The summed E-state index contributed by atoms with van der Waals surface area (Å²) >= 11 is 0. The smallest absolute Gasteiger partial charge is 0.338 e. The van der Waals surface area contributed by atoms with Gasteiger partial charge in [-0.25, -0.2) is 13.6 Å². The van der Waals surface area contributed by atoms with Crippen LogP contribution >= 0.6 is 0 Å². The van der Waals surface area contributed by atoms with Crippen molar-refractivity contribution in [1.29, 1.82) is 0 Å². The minimum absolute atomic E-state index is 0.0926. The predicted molar refractivity (Wildman–Crippen MR) is 109 cm³/mol. The molecule has 3 aromatic rings. The van der Waals surface area contributed by atoms with Crippen molar-refractivity contribution in [3.8, 4) is 11.5 Å². The Morgan fingerprint density at radius 3 is 2.41 bits per heavy atom. The fourth-order valence-electron chi connectivity index (χ4n) is 2.81. The largest absolute Gasteiger partial charge is 0.493 e. The molecular weight excluding hydrogens is 426 g/mol. The van der Waals surface area contributed by atoms with E-state index in [0.29, 0.717) is 23.3 Å². The molecule has 1 N–H and O–H groups in total. The number of nitrogens with one attached hydrogen (secondary N) is 1. The normalized spacial score (nSPS) is 10.5. The highest BCUT2D eigenvalue weighted by Crippen LogP contribution is 2.29. The van der Waals surface area contributed by atoms with Gasteiger partial charge >= 0.3 is 5.97 Å². The second kappa shape index (κ2) is 9.90. The number of nitrogens with zero attached hydrogens (tertiary/aromatic N) is 1. The molecule has 0 fully saturated rings. The van der Waals surface area contributed by atoms with Gasteiger partial charge in [0.05, 0.1) is 23.9 Å². The van der Waals surface area contributed by atoms with Gasteiger partial charge in [-0.2, -0.15) is 0 Å². The van der Waals surface area contributed by atoms with Gasteiger partial charge in [0.25, 0.3) is 5.91 Å². The van der Waals surface area contributed by atoms with Gasteiger partial charge in [-0.05, 0) is 44.2 Å². The standard InChI is InChI=1S/C22H20F2N2O6/c1-12-18(13(2)32-26-12)10-30-19-5-4-14(6-20(19)29-3)22(28)31-11-21(27)25-17-8-15(23)7-16(24)9-17/h4-9H,10-11H2,1-3H3,(H,25,27). The Morgan fingerprint density at radius 1 is 1.06 bits per heavy atom. The zero-order valence-corrected chi connectivity index (χ0v) is 17.5. The number of methoxy groups -OCH3 is 1. The molecule has 0 aliphatic carbocycles. The van der Waals surface area contributed by atoms with Crippen LogP contribution in [-0.4, -0.2) is 30.7 Å². The number of amides is 1. The molecule has 0 radical (unpaired) electrons. The Kier molecular flexibility index (Phi) is 7.04. The fraction of sp³-hybridized carbons (Fsp3) is 0.227. The van der Waals surface area contributed by atoms with Crippen molar-refractivity contribution in [2.24, 2.45) is 0 Å². The van der Waals surface area contributed by atoms with E-state index in [1.54, 1.807) is 13.8 Å². The first kappa shape index (κ1) is 22.7. The number of aryl methyl sites for hydroxylation is 2. The van der Waals surface area contributed by atoms with Crippen LogP contribution in [-0.2, 0) is 16.1 Å². The minimum atomic E-state index is -0.846. The molecule has 2 aromatic carbocycles. The molecule has 0 bridgehead atoms. The minimum Gasteiger partial charge on any atom is -0.493 e. The Morgan fingerprint density at radius 2 is 1.78 bits per heavy atom. The summed E-state index contributed by atoms with van der Waals surface area (Å²) in [5.74, 6) is -1.93. The number of anilines is 1. The summed E-state index contributed by atoms with van der Waals surface area (Å²) in [5.41, 5.74) is 1.54. The predicted octanol–water partition coefficient (Wildman–Crippen LogP) is 3.95. The molecule has 0 saturated heterocycles. The van der Waals surface area contributed by atoms with E-state index in [4.69, 9.17) is 18.7 Å². The van der Waals surface area contributed by atoms with Gasteiger partial charge in [-0.15, -0.1) is 0 Å². The van der Waals surface area contributed by atoms with Gasteiger partial charge in [0.2, 0.25) is 0 Å². The van der Waals surface area contributed by atoms with E-state index >= 15 is 0 Å². The molecule has 1 heterocycles. The van der Waals surface area contributed by atoms with E-state index in [2.05, 4.69) is 10.5 Å². The van der Waals surface area contributed by atoms with Gasteiger partial charge in [0.15, 0.2) is 18.1 Å². The van der Waals surface area contributed by atoms with Crippen molar-refractivity contribution in [2.75, 3.05) is 19.0 Å². The van der Waals surface area contributed by atoms with E-state index in [9.17, 15) is 18.4 Å². The Hall–Kier alpha value is -3.95. The molecule has 168 valence electrons. The summed E-state index contributed by atoms with van der Waals surface area (Å²) in [4.78, 5) is 24.2. The number of halogens is 2. The molecule has 1 aromatic heterocycles. The second-order valence-electron chi connectivity index (χ2n) is 6.74. The first-order valence-corrected chi connectivity index (χ1v) is 9.42. The maximum atomic E-state index is 13.2. The van der Waals surface area contributed by atoms with Crippen LogP contribution in [0.4, 0.5) is 14.5 Å². The highest BCUT2D eigenvalue weighted by atomic mass is 19.1. The van der Waals surface area contributed by atoms with Gasteiger partial charge in [0.1, 0.15) is 24.0 Å². The number of carbonyl (C=O) groups is 2. The van der Waals surface area contributed by atoms with Crippen LogP contribution < -0.4 is 14.8 Å². The quantitative estimate of drug-likeness (QED) is 0.523. The van der Waals surface area contributed by atoms with Gasteiger partial charge in [-0.3, -0.25) is 4.79 Å². The number of benzene rings is 2. The van der Waals surface area contributed by atoms with Crippen molar-refractivity contribution in [1.82, 2.24) is 5.16 Å². The number of hydrogen-bond donors (Lipinski definition) is 1. The van der Waals surface area contributed by atoms with Crippen molar-refractivity contribution >= 4 is 17.6 Å². The number of rotatable bonds is 8. The molecule has 0 atom stereocenters. The lowest BCUT2D eigenvalue weighted by Gasteiger charge is -2.12. The van der Waals surface area contributed by atoms with Gasteiger partial charge in [0, 0.05) is 11.8 Å². The molecule has 0 unspecified atom stereocenters. The van der Waals surface area contributed by atoms with Crippen LogP contribution in [0.5, 0.6) is 11.5 Å². The average Bonchev–Trinajstić information content (AvgIpc) is 3.07. The Balaban J connectivity index is 1.59. The summed E-state index contributed by atoms with van der Waals surface area (Å²) < 4.78 is 47.4. The molecule has 1 amide bonds. The van der Waals surface area contributed by atoms with E-state index < -0.39 is 30.1 Å². The maximum Gasteiger partial charge on any atom is 0.338 e. The summed E-state index contributed by atoms with van der Waals surface area (Å²) in [6.45, 7) is 3.12. The summed E-state index contributed by atoms with van der Waals surface area (Å²) in [7, 11) is 1.42. The zero-order chi connectivity index (χ0) is 23.3. The van der Waals surface area contributed by atoms with E-state index in [1.165, 1.54) is 25.3 Å². The number of aromatic nitrogens is 1. The number of carbonyl (C=O) groups excluding carboxylic acids is 2. The van der Waals surface area contributed by atoms with Crippen LogP contribution in [0.1, 0.15) is 27.4 Å². The second-order valence-corrected chi connectivity index (χ2v) is 6.74. The molecule has 3 rings (SSSR count). The van der Waals surface area contributed by atoms with E-state index in [0.717, 1.165) is 17.7 Å². The number of hydrogen-bond acceptors (Lipinski definition) is 7. The highest BCUT2D eigenvalue weighted by molar-refractivity contribution is 5.95. The van der Waals surface area contributed by atoms with Crippen molar-refractivity contribution in [3.05, 3.63) is 70.6 Å². The lowest BCUT2D eigenvalue weighted by Crippen LogP contribution is -2.21. The van der Waals surface area contributed by atoms with Gasteiger partial charge in [-0.1, -0.05) is 5.16 Å². The summed E-state index contributed by atoms with van der Waals surface area (Å²) in [6, 6.07) is 6.94. The first-order chi connectivity index (χ1) is 15.3. The first-order valence-electron chi connectivity index (χ1n) is 9.42. The third-order valence-electron chi connectivity index (χ3n) is 4.43. The van der Waals surface area contributed by atoms with Crippen LogP contribution in [0.2, 0.25) is 0 Å². The van der Waals surface area contributed by atoms with E-state index in [-0.39, 0.29) is 23.6 Å². The lowest BCUT2D eigenvalue weighted by atomic mass is 10.2. The third-order valence-corrected chi connectivity index (χ3v) is 4.43.